The van der Waals surface area contributed by atoms with Crippen LogP contribution in [0, 0.1) is 0 Å². The SMILES string of the molecule is CCCNC(=O)[C@@H](C)NC(=O)/C=C/c1cc(OC)ccc1OC. The van der Waals surface area contributed by atoms with E-state index in [0.29, 0.717) is 23.6 Å². The molecular formula is C17H24N2O4. The van der Waals surface area contributed by atoms with Crippen LogP contribution < -0.4 is 20.1 Å². The monoisotopic (exact) mass is 320 g/mol. The highest BCUT2D eigenvalue weighted by Gasteiger charge is 2.13. The van der Waals surface area contributed by atoms with Crippen molar-refractivity contribution in [3.63, 3.8) is 0 Å². The van der Waals surface area contributed by atoms with E-state index in [1.807, 2.05) is 6.92 Å². The molecular weight excluding hydrogens is 296 g/mol. The molecule has 1 atom stereocenters. The molecule has 2 N–H and O–H groups in total. The zero-order valence-electron chi connectivity index (χ0n) is 14.0. The number of methoxy groups -OCH3 is 2. The van der Waals surface area contributed by atoms with E-state index in [0.717, 1.165) is 6.42 Å². The topological polar surface area (TPSA) is 76.7 Å². The summed E-state index contributed by atoms with van der Waals surface area (Å²) in [7, 11) is 3.12. The second-order valence-corrected chi connectivity index (χ2v) is 4.96. The molecule has 0 fully saturated rings. The summed E-state index contributed by atoms with van der Waals surface area (Å²) in [5.74, 6) is 0.739. The summed E-state index contributed by atoms with van der Waals surface area (Å²) in [4.78, 5) is 23.6. The van der Waals surface area contributed by atoms with Gasteiger partial charge in [0.15, 0.2) is 0 Å². The summed E-state index contributed by atoms with van der Waals surface area (Å²) in [5.41, 5.74) is 0.713. The predicted molar refractivity (Wildman–Crippen MR) is 89.5 cm³/mol. The highest BCUT2D eigenvalue weighted by Crippen LogP contribution is 2.24. The quantitative estimate of drug-likeness (QED) is 0.716. The van der Waals surface area contributed by atoms with Crippen LogP contribution in [0.2, 0.25) is 0 Å². The van der Waals surface area contributed by atoms with Gasteiger partial charge in [-0.2, -0.15) is 0 Å². The molecule has 0 aliphatic heterocycles. The molecule has 1 aromatic carbocycles. The van der Waals surface area contributed by atoms with Crippen LogP contribution in [0.5, 0.6) is 11.5 Å². The minimum absolute atomic E-state index is 0.201. The lowest BCUT2D eigenvalue weighted by Gasteiger charge is -2.12. The number of rotatable bonds is 8. The van der Waals surface area contributed by atoms with Crippen molar-refractivity contribution in [1.29, 1.82) is 0 Å². The van der Waals surface area contributed by atoms with Crippen molar-refractivity contribution >= 4 is 17.9 Å². The number of carbonyl (C=O) groups excluding carboxylic acids is 2. The normalized spacial score (nSPS) is 11.8. The first-order valence-corrected chi connectivity index (χ1v) is 7.50. The lowest BCUT2D eigenvalue weighted by molar-refractivity contribution is -0.126. The third-order valence-corrected chi connectivity index (χ3v) is 3.15. The third-order valence-electron chi connectivity index (χ3n) is 3.15. The van der Waals surface area contributed by atoms with Crippen LogP contribution in [0.4, 0.5) is 0 Å². The summed E-state index contributed by atoms with van der Waals surface area (Å²) in [6, 6.07) is 4.71. The highest BCUT2D eigenvalue weighted by atomic mass is 16.5. The van der Waals surface area contributed by atoms with Crippen molar-refractivity contribution in [2.24, 2.45) is 0 Å². The first kappa shape index (κ1) is 18.5. The molecule has 0 saturated heterocycles. The number of nitrogens with one attached hydrogen (secondary N) is 2. The van der Waals surface area contributed by atoms with Crippen molar-refractivity contribution < 1.29 is 19.1 Å². The first-order chi connectivity index (χ1) is 11.0. The molecule has 126 valence electrons. The number of carbonyl (C=O) groups is 2. The predicted octanol–water partition coefficient (Wildman–Crippen LogP) is 1.75. The molecule has 23 heavy (non-hydrogen) atoms. The summed E-state index contributed by atoms with van der Waals surface area (Å²) >= 11 is 0. The van der Waals surface area contributed by atoms with Gasteiger partial charge in [-0.1, -0.05) is 6.92 Å². The molecule has 0 aliphatic rings. The molecule has 0 spiro atoms. The molecule has 0 bridgehead atoms. The lowest BCUT2D eigenvalue weighted by Crippen LogP contribution is -2.44. The van der Waals surface area contributed by atoms with Crippen LogP contribution in [-0.4, -0.2) is 38.6 Å². The van der Waals surface area contributed by atoms with Gasteiger partial charge in [0.25, 0.3) is 0 Å². The molecule has 0 unspecified atom stereocenters. The second kappa shape index (κ2) is 9.50. The smallest absolute Gasteiger partial charge is 0.244 e. The maximum atomic E-state index is 11.9. The first-order valence-electron chi connectivity index (χ1n) is 7.50. The number of ether oxygens (including phenoxy) is 2. The van der Waals surface area contributed by atoms with Crippen LogP contribution in [0.15, 0.2) is 24.3 Å². The van der Waals surface area contributed by atoms with Crippen LogP contribution in [0.25, 0.3) is 6.08 Å². The minimum atomic E-state index is -0.592. The van der Waals surface area contributed by atoms with E-state index in [2.05, 4.69) is 10.6 Å². The van der Waals surface area contributed by atoms with Gasteiger partial charge in [0.2, 0.25) is 11.8 Å². The van der Waals surface area contributed by atoms with Gasteiger partial charge in [-0.25, -0.2) is 0 Å². The van der Waals surface area contributed by atoms with E-state index in [-0.39, 0.29) is 11.8 Å². The molecule has 0 saturated carbocycles. The number of hydrogen-bond acceptors (Lipinski definition) is 4. The van der Waals surface area contributed by atoms with E-state index in [9.17, 15) is 9.59 Å². The molecule has 0 aromatic heterocycles. The Balaban J connectivity index is 2.69. The van der Waals surface area contributed by atoms with Gasteiger partial charge in [-0.3, -0.25) is 9.59 Å². The standard InChI is InChI=1S/C17H24N2O4/c1-5-10-18-17(21)12(2)19-16(20)9-6-13-11-14(22-3)7-8-15(13)23-4/h6-9,11-12H,5,10H2,1-4H3,(H,18,21)(H,19,20)/b9-6+/t12-/m1/s1. The van der Waals surface area contributed by atoms with Gasteiger partial charge in [0.1, 0.15) is 17.5 Å². The summed E-state index contributed by atoms with van der Waals surface area (Å²) in [6.07, 6.45) is 3.83. The maximum absolute atomic E-state index is 11.9. The van der Waals surface area contributed by atoms with Crippen LogP contribution >= 0.6 is 0 Å². The summed E-state index contributed by atoms with van der Waals surface area (Å²) in [6.45, 7) is 4.20. The zero-order valence-corrected chi connectivity index (χ0v) is 14.0. The highest BCUT2D eigenvalue weighted by molar-refractivity contribution is 5.95. The van der Waals surface area contributed by atoms with E-state index < -0.39 is 6.04 Å². The van der Waals surface area contributed by atoms with E-state index in [1.54, 1.807) is 45.4 Å². The number of hydrogen-bond donors (Lipinski definition) is 2. The molecule has 2 amide bonds. The van der Waals surface area contributed by atoms with E-state index in [4.69, 9.17) is 9.47 Å². The van der Waals surface area contributed by atoms with E-state index in [1.165, 1.54) is 6.08 Å². The fourth-order valence-electron chi connectivity index (χ4n) is 1.86. The average molecular weight is 320 g/mol. The van der Waals surface area contributed by atoms with Crippen molar-refractivity contribution in [2.45, 2.75) is 26.3 Å². The Morgan fingerprint density at radius 3 is 2.61 bits per heavy atom. The fraction of sp³-hybridized carbons (Fsp3) is 0.412. The van der Waals surface area contributed by atoms with Gasteiger partial charge in [0.05, 0.1) is 14.2 Å². The summed E-state index contributed by atoms with van der Waals surface area (Å²) < 4.78 is 10.4. The average Bonchev–Trinajstić information content (AvgIpc) is 2.57. The Labute approximate surface area is 136 Å². The molecule has 0 heterocycles. The largest absolute Gasteiger partial charge is 0.497 e. The van der Waals surface area contributed by atoms with Gasteiger partial charge < -0.3 is 20.1 Å². The molecule has 0 aliphatic carbocycles. The molecule has 0 radical (unpaired) electrons. The van der Waals surface area contributed by atoms with Gasteiger partial charge in [-0.15, -0.1) is 0 Å². The van der Waals surface area contributed by atoms with Gasteiger partial charge >= 0.3 is 0 Å². The Hall–Kier alpha value is -2.50. The molecule has 1 aromatic rings. The van der Waals surface area contributed by atoms with E-state index >= 15 is 0 Å². The Morgan fingerprint density at radius 1 is 1.26 bits per heavy atom. The Morgan fingerprint density at radius 2 is 2.00 bits per heavy atom. The second-order valence-electron chi connectivity index (χ2n) is 4.96. The maximum Gasteiger partial charge on any atom is 0.244 e. The third kappa shape index (κ3) is 6.02. The molecule has 6 heteroatoms. The van der Waals surface area contributed by atoms with Gasteiger partial charge in [0, 0.05) is 18.2 Å². The Kier molecular flexibility index (Phi) is 7.66. The van der Waals surface area contributed by atoms with Crippen molar-refractivity contribution in [3.8, 4) is 11.5 Å². The number of benzene rings is 1. The summed E-state index contributed by atoms with van der Waals surface area (Å²) in [5, 5.41) is 5.35. The zero-order chi connectivity index (χ0) is 17.2. The van der Waals surface area contributed by atoms with Crippen molar-refractivity contribution in [3.05, 3.63) is 29.8 Å². The number of amides is 2. The van der Waals surface area contributed by atoms with Crippen LogP contribution in [-0.2, 0) is 9.59 Å². The molecule has 1 rings (SSSR count). The lowest BCUT2D eigenvalue weighted by atomic mass is 10.1. The van der Waals surface area contributed by atoms with Gasteiger partial charge in [-0.05, 0) is 37.6 Å². The van der Waals surface area contributed by atoms with Crippen LogP contribution in [0.1, 0.15) is 25.8 Å². The van der Waals surface area contributed by atoms with Crippen molar-refractivity contribution in [1.82, 2.24) is 10.6 Å². The fourth-order valence-corrected chi connectivity index (χ4v) is 1.86. The minimum Gasteiger partial charge on any atom is -0.497 e. The molecule has 6 nitrogen and oxygen atoms in total. The van der Waals surface area contributed by atoms with Crippen molar-refractivity contribution in [2.75, 3.05) is 20.8 Å². The van der Waals surface area contributed by atoms with Crippen LogP contribution in [0.3, 0.4) is 0 Å². The Bertz CT molecular complexity index is 570.